The second-order valence-electron chi connectivity index (χ2n) is 7.29. The van der Waals surface area contributed by atoms with E-state index in [4.69, 9.17) is 16.0 Å². The van der Waals surface area contributed by atoms with Crippen LogP contribution in [0, 0.1) is 20.8 Å². The quantitative estimate of drug-likeness (QED) is 0.684. The Labute approximate surface area is 172 Å². The van der Waals surface area contributed by atoms with Crippen molar-refractivity contribution < 1.29 is 14.1 Å². The zero-order valence-electron chi connectivity index (χ0n) is 16.4. The molecule has 0 saturated carbocycles. The van der Waals surface area contributed by atoms with E-state index < -0.39 is 11.8 Å². The summed E-state index contributed by atoms with van der Waals surface area (Å²) in [6.07, 6.45) is 2.15. The zero-order chi connectivity index (χ0) is 20.9. The summed E-state index contributed by atoms with van der Waals surface area (Å²) in [5.74, 6) is -0.545. The number of thiophene rings is 1. The van der Waals surface area contributed by atoms with E-state index in [-0.39, 0.29) is 12.3 Å². The molecule has 148 valence electrons. The van der Waals surface area contributed by atoms with E-state index in [1.807, 2.05) is 25.1 Å². The largest absolute Gasteiger partial charge is 0.370 e. The first-order valence-electron chi connectivity index (χ1n) is 9.25. The van der Waals surface area contributed by atoms with Crippen molar-refractivity contribution in [1.82, 2.24) is 5.16 Å². The first-order valence-corrected chi connectivity index (χ1v) is 10.1. The number of amides is 2. The molecule has 0 spiro atoms. The van der Waals surface area contributed by atoms with Gasteiger partial charge < -0.3 is 16.0 Å². The number of allylic oxidation sites excluding steroid dienone is 1. The Bertz CT molecular complexity index is 1170. The van der Waals surface area contributed by atoms with Crippen LogP contribution in [0.25, 0.3) is 16.0 Å². The molecule has 7 heteroatoms. The van der Waals surface area contributed by atoms with Crippen LogP contribution in [0.15, 0.2) is 34.9 Å². The summed E-state index contributed by atoms with van der Waals surface area (Å²) in [5.41, 5.74) is 17.3. The molecular weight excluding hydrogens is 386 g/mol. The fourth-order valence-corrected chi connectivity index (χ4v) is 5.10. The Morgan fingerprint density at radius 2 is 1.79 bits per heavy atom. The lowest BCUT2D eigenvalue weighted by molar-refractivity contribution is -0.118. The van der Waals surface area contributed by atoms with Gasteiger partial charge in [-0.15, -0.1) is 11.3 Å². The monoisotopic (exact) mass is 407 g/mol. The third-order valence-electron chi connectivity index (χ3n) is 5.38. The molecule has 0 saturated heterocycles. The number of carbonyl (C=O) groups is 2. The highest BCUT2D eigenvalue weighted by atomic mass is 32.1. The van der Waals surface area contributed by atoms with Crippen molar-refractivity contribution in [3.63, 3.8) is 0 Å². The van der Waals surface area contributed by atoms with Gasteiger partial charge in [-0.1, -0.05) is 23.4 Å². The molecule has 0 bridgehead atoms. The van der Waals surface area contributed by atoms with Crippen LogP contribution in [0.4, 0.5) is 0 Å². The fourth-order valence-electron chi connectivity index (χ4n) is 3.83. The third-order valence-corrected chi connectivity index (χ3v) is 6.60. The van der Waals surface area contributed by atoms with Gasteiger partial charge in [-0.25, -0.2) is 0 Å². The number of aromatic nitrogens is 1. The van der Waals surface area contributed by atoms with E-state index in [0.29, 0.717) is 11.3 Å². The molecule has 0 radical (unpaired) electrons. The third kappa shape index (κ3) is 3.17. The number of carbonyl (C=O) groups excluding carboxylic acids is 2. The van der Waals surface area contributed by atoms with Crippen LogP contribution >= 0.6 is 11.3 Å². The summed E-state index contributed by atoms with van der Waals surface area (Å²) < 4.78 is 5.66. The summed E-state index contributed by atoms with van der Waals surface area (Å²) in [6.45, 7) is 6.09. The predicted molar refractivity (Wildman–Crippen MR) is 113 cm³/mol. The van der Waals surface area contributed by atoms with Crippen LogP contribution in [0.3, 0.4) is 0 Å². The second-order valence-corrected chi connectivity index (χ2v) is 8.52. The SMILES string of the molecule is Cc1noc2c1-c1sc(C)c(C)c1C(c1ccc(C(N)=O)cc1)=C[C@H]2CC(N)=O. The standard InChI is InChI=1S/C22H21N3O3S/c1-10-12(3)29-21-18(10)16(13-4-6-14(7-5-13)22(24)27)8-15(9-17(23)26)20-19(21)11(2)25-28-20/h4-8,15H,9H2,1-3H3,(H2,23,26)(H2,24,27)/t15-/m0/s1. The first kappa shape index (κ1) is 19.1. The van der Waals surface area contributed by atoms with Gasteiger partial charge >= 0.3 is 0 Å². The molecule has 1 atom stereocenters. The Hall–Kier alpha value is -3.19. The van der Waals surface area contributed by atoms with Crippen molar-refractivity contribution in [2.75, 3.05) is 0 Å². The second kappa shape index (κ2) is 7.00. The number of rotatable bonds is 4. The number of fused-ring (bicyclic) bond motifs is 3. The van der Waals surface area contributed by atoms with Gasteiger partial charge in [-0.3, -0.25) is 9.59 Å². The molecular formula is C22H21N3O3S. The van der Waals surface area contributed by atoms with Crippen molar-refractivity contribution in [2.24, 2.45) is 11.5 Å². The number of aryl methyl sites for hydroxylation is 2. The van der Waals surface area contributed by atoms with Gasteiger partial charge in [0.05, 0.1) is 11.3 Å². The number of hydrogen-bond acceptors (Lipinski definition) is 5. The van der Waals surface area contributed by atoms with Gasteiger partial charge in [0.25, 0.3) is 0 Å². The van der Waals surface area contributed by atoms with Gasteiger partial charge in [0.1, 0.15) is 0 Å². The molecule has 2 amide bonds. The Balaban J connectivity index is 1.99. The first-order chi connectivity index (χ1) is 13.8. The van der Waals surface area contributed by atoms with Gasteiger partial charge in [-0.2, -0.15) is 0 Å². The minimum Gasteiger partial charge on any atom is -0.370 e. The fraction of sp³-hybridized carbons (Fsp3) is 0.227. The summed E-state index contributed by atoms with van der Waals surface area (Å²) in [7, 11) is 0. The minimum absolute atomic E-state index is 0.122. The van der Waals surface area contributed by atoms with Crippen LogP contribution < -0.4 is 11.5 Å². The summed E-state index contributed by atoms with van der Waals surface area (Å²) in [5, 5.41) is 4.16. The molecule has 6 nitrogen and oxygen atoms in total. The number of benzene rings is 1. The lowest BCUT2D eigenvalue weighted by Gasteiger charge is -2.12. The van der Waals surface area contributed by atoms with Gasteiger partial charge in [-0.05, 0) is 49.6 Å². The van der Waals surface area contributed by atoms with Crippen LogP contribution in [0.5, 0.6) is 0 Å². The van der Waals surface area contributed by atoms with E-state index in [9.17, 15) is 9.59 Å². The Kier molecular flexibility index (Phi) is 4.62. The number of primary amides is 2. The van der Waals surface area contributed by atoms with Crippen LogP contribution in [0.1, 0.15) is 55.7 Å². The van der Waals surface area contributed by atoms with E-state index in [1.165, 1.54) is 10.4 Å². The number of nitrogens with two attached hydrogens (primary N) is 2. The topological polar surface area (TPSA) is 112 Å². The lowest BCUT2D eigenvalue weighted by atomic mass is 9.91. The van der Waals surface area contributed by atoms with Gasteiger partial charge in [0.15, 0.2) is 5.76 Å². The zero-order valence-corrected chi connectivity index (χ0v) is 17.2. The number of hydrogen-bond donors (Lipinski definition) is 2. The summed E-state index contributed by atoms with van der Waals surface area (Å²) in [6, 6.07) is 7.18. The average molecular weight is 407 g/mol. The van der Waals surface area contributed by atoms with Crippen molar-refractivity contribution in [2.45, 2.75) is 33.1 Å². The van der Waals surface area contributed by atoms with E-state index in [1.54, 1.807) is 23.5 Å². The summed E-state index contributed by atoms with van der Waals surface area (Å²) in [4.78, 5) is 25.5. The molecule has 1 aromatic carbocycles. The molecule has 3 aromatic rings. The molecule has 2 heterocycles. The predicted octanol–water partition coefficient (Wildman–Crippen LogP) is 3.83. The molecule has 4 N–H and O–H groups in total. The Morgan fingerprint density at radius 3 is 2.41 bits per heavy atom. The highest BCUT2D eigenvalue weighted by Gasteiger charge is 2.32. The van der Waals surface area contributed by atoms with E-state index >= 15 is 0 Å². The Morgan fingerprint density at radius 1 is 1.10 bits per heavy atom. The minimum atomic E-state index is -0.470. The van der Waals surface area contributed by atoms with Crippen molar-refractivity contribution in [3.8, 4) is 10.4 Å². The van der Waals surface area contributed by atoms with Gasteiger partial charge in [0, 0.05) is 33.2 Å². The molecule has 0 aliphatic heterocycles. The average Bonchev–Trinajstić information content (AvgIpc) is 3.14. The van der Waals surface area contributed by atoms with E-state index in [0.717, 1.165) is 32.8 Å². The maximum absolute atomic E-state index is 11.8. The number of nitrogens with zero attached hydrogens (tertiary/aromatic N) is 1. The molecule has 4 rings (SSSR count). The molecule has 29 heavy (non-hydrogen) atoms. The maximum Gasteiger partial charge on any atom is 0.248 e. The smallest absolute Gasteiger partial charge is 0.248 e. The molecule has 1 aliphatic carbocycles. The van der Waals surface area contributed by atoms with Crippen LogP contribution in [0.2, 0.25) is 0 Å². The molecule has 0 fully saturated rings. The highest BCUT2D eigenvalue weighted by Crippen LogP contribution is 2.49. The van der Waals surface area contributed by atoms with Crippen LogP contribution in [-0.2, 0) is 4.79 Å². The van der Waals surface area contributed by atoms with Crippen molar-refractivity contribution in [1.29, 1.82) is 0 Å². The maximum atomic E-state index is 11.8. The lowest BCUT2D eigenvalue weighted by Crippen LogP contribution is -2.14. The molecule has 1 aliphatic rings. The molecule has 2 aromatic heterocycles. The van der Waals surface area contributed by atoms with Crippen molar-refractivity contribution in [3.05, 3.63) is 68.9 Å². The molecule has 0 unspecified atom stereocenters. The van der Waals surface area contributed by atoms with Gasteiger partial charge in [0.2, 0.25) is 11.8 Å². The van der Waals surface area contributed by atoms with E-state index in [2.05, 4.69) is 19.0 Å². The summed E-state index contributed by atoms with van der Waals surface area (Å²) >= 11 is 1.69. The normalized spacial score (nSPS) is 15.3. The van der Waals surface area contributed by atoms with Crippen molar-refractivity contribution >= 4 is 28.7 Å². The van der Waals surface area contributed by atoms with Crippen LogP contribution in [-0.4, -0.2) is 17.0 Å². The highest BCUT2D eigenvalue weighted by molar-refractivity contribution is 7.16.